The number of hydrogen-bond donors (Lipinski definition) is 0. The van der Waals surface area contributed by atoms with Crippen LogP contribution in [0.25, 0.3) is 0 Å². The number of Topliss-reactive ketones (excluding diaryl/α,β-unsaturated/α-hetero) is 1. The minimum Gasteiger partial charge on any atom is -0.299 e. The lowest BCUT2D eigenvalue weighted by atomic mass is 9.55. The van der Waals surface area contributed by atoms with Crippen LogP contribution in [0.1, 0.15) is 56.1 Å². The smallest absolute Gasteiger partial charge is 0.261 e. The molecular weight excluding hydrogens is 332 g/mol. The molecule has 3 aliphatic carbocycles. The van der Waals surface area contributed by atoms with Crippen LogP contribution in [-0.2, 0) is 20.3 Å². The van der Waals surface area contributed by atoms with E-state index in [4.69, 9.17) is 10.7 Å². The SMILES string of the molecule is C[C@]12CC[C@@H]3c4ccc(S(=O)(=O)Cl)cc4CC[C@H]3[C@@H]1CCC2=O. The van der Waals surface area contributed by atoms with Crippen molar-refractivity contribution in [1.29, 1.82) is 0 Å². The van der Waals surface area contributed by atoms with Gasteiger partial charge in [0.1, 0.15) is 5.78 Å². The van der Waals surface area contributed by atoms with E-state index < -0.39 is 9.05 Å². The molecule has 2 fully saturated rings. The average molecular weight is 353 g/mol. The monoisotopic (exact) mass is 352 g/mol. The Kier molecular flexibility index (Phi) is 3.44. The molecule has 4 rings (SSSR count). The third-order valence-electron chi connectivity index (χ3n) is 6.69. The molecule has 1 aromatic carbocycles. The Morgan fingerprint density at radius 3 is 2.70 bits per heavy atom. The highest BCUT2D eigenvalue weighted by Crippen LogP contribution is 2.59. The number of carbonyl (C=O) groups excluding carboxylic acids is 1. The van der Waals surface area contributed by atoms with Gasteiger partial charge in [-0.05, 0) is 73.1 Å². The molecule has 1 aromatic rings. The van der Waals surface area contributed by atoms with E-state index in [2.05, 4.69) is 6.92 Å². The quantitative estimate of drug-likeness (QED) is 0.717. The maximum absolute atomic E-state index is 12.3. The van der Waals surface area contributed by atoms with E-state index in [0.29, 0.717) is 23.5 Å². The lowest BCUT2D eigenvalue weighted by Crippen LogP contribution is -2.42. The summed E-state index contributed by atoms with van der Waals surface area (Å²) in [5.74, 6) is 1.98. The Hall–Kier alpha value is -0.870. The molecule has 0 aliphatic heterocycles. The van der Waals surface area contributed by atoms with Crippen LogP contribution < -0.4 is 0 Å². The molecule has 4 atom stereocenters. The van der Waals surface area contributed by atoms with Crippen LogP contribution in [0, 0.1) is 17.3 Å². The molecule has 124 valence electrons. The fourth-order valence-electron chi connectivity index (χ4n) is 5.48. The summed E-state index contributed by atoms with van der Waals surface area (Å²) in [4.78, 5) is 12.5. The summed E-state index contributed by atoms with van der Waals surface area (Å²) >= 11 is 0. The van der Waals surface area contributed by atoms with Crippen LogP contribution in [0.3, 0.4) is 0 Å². The van der Waals surface area contributed by atoms with Crippen LogP contribution in [0.5, 0.6) is 0 Å². The fraction of sp³-hybridized carbons (Fsp3) is 0.611. The van der Waals surface area contributed by atoms with Gasteiger partial charge in [0.2, 0.25) is 0 Å². The van der Waals surface area contributed by atoms with E-state index in [1.54, 1.807) is 12.1 Å². The molecule has 3 nitrogen and oxygen atoms in total. The predicted molar refractivity (Wildman–Crippen MR) is 89.1 cm³/mol. The highest BCUT2D eigenvalue weighted by molar-refractivity contribution is 8.13. The molecule has 0 spiro atoms. The van der Waals surface area contributed by atoms with Crippen LogP contribution >= 0.6 is 10.7 Å². The summed E-state index contributed by atoms with van der Waals surface area (Å²) < 4.78 is 23.1. The first-order valence-electron chi connectivity index (χ1n) is 8.41. The number of carbonyl (C=O) groups is 1. The number of ketones is 1. The van der Waals surface area contributed by atoms with Gasteiger partial charge in [0.15, 0.2) is 0 Å². The highest BCUT2D eigenvalue weighted by atomic mass is 35.7. The summed E-state index contributed by atoms with van der Waals surface area (Å²) in [5.41, 5.74) is 2.30. The van der Waals surface area contributed by atoms with Gasteiger partial charge in [-0.1, -0.05) is 13.0 Å². The lowest BCUT2D eigenvalue weighted by Gasteiger charge is -2.48. The predicted octanol–water partition coefficient (Wildman–Crippen LogP) is 4.04. The van der Waals surface area contributed by atoms with Crippen LogP contribution in [0.15, 0.2) is 23.1 Å². The zero-order valence-corrected chi connectivity index (χ0v) is 14.8. The Morgan fingerprint density at radius 2 is 1.96 bits per heavy atom. The number of rotatable bonds is 1. The van der Waals surface area contributed by atoms with Crippen molar-refractivity contribution in [2.75, 3.05) is 0 Å². The molecule has 0 bridgehead atoms. The third-order valence-corrected chi connectivity index (χ3v) is 8.04. The summed E-state index contributed by atoms with van der Waals surface area (Å²) in [5, 5.41) is 0. The second-order valence-corrected chi connectivity index (χ2v) is 10.2. The topological polar surface area (TPSA) is 51.2 Å². The van der Waals surface area contributed by atoms with Gasteiger partial charge in [0.05, 0.1) is 4.90 Å². The van der Waals surface area contributed by atoms with E-state index in [0.717, 1.165) is 44.1 Å². The summed E-state index contributed by atoms with van der Waals surface area (Å²) in [6.07, 6.45) is 5.70. The number of halogens is 1. The average Bonchev–Trinajstić information content (AvgIpc) is 2.81. The van der Waals surface area contributed by atoms with Crippen molar-refractivity contribution in [1.82, 2.24) is 0 Å². The molecule has 23 heavy (non-hydrogen) atoms. The van der Waals surface area contributed by atoms with Gasteiger partial charge in [-0.2, -0.15) is 0 Å². The Balaban J connectivity index is 1.72. The van der Waals surface area contributed by atoms with Gasteiger partial charge >= 0.3 is 0 Å². The maximum Gasteiger partial charge on any atom is 0.261 e. The van der Waals surface area contributed by atoms with Crippen LogP contribution in [0.2, 0.25) is 0 Å². The first-order valence-corrected chi connectivity index (χ1v) is 10.7. The minimum atomic E-state index is -3.67. The van der Waals surface area contributed by atoms with Gasteiger partial charge in [0, 0.05) is 22.5 Å². The van der Waals surface area contributed by atoms with Crippen molar-refractivity contribution in [2.45, 2.75) is 56.3 Å². The Morgan fingerprint density at radius 1 is 1.17 bits per heavy atom. The van der Waals surface area contributed by atoms with Gasteiger partial charge < -0.3 is 0 Å². The second kappa shape index (κ2) is 5.06. The third kappa shape index (κ3) is 2.29. The minimum absolute atomic E-state index is 0.113. The van der Waals surface area contributed by atoms with Gasteiger partial charge in [-0.25, -0.2) is 8.42 Å². The van der Waals surface area contributed by atoms with Crippen LogP contribution in [0.4, 0.5) is 0 Å². The fourth-order valence-corrected chi connectivity index (χ4v) is 6.28. The molecular formula is C18H21ClO3S. The zero-order chi connectivity index (χ0) is 16.4. The molecule has 0 N–H and O–H groups in total. The first kappa shape index (κ1) is 15.6. The molecule has 0 amide bonds. The number of fused-ring (bicyclic) bond motifs is 5. The Bertz CT molecular complexity index is 785. The van der Waals surface area contributed by atoms with E-state index in [-0.39, 0.29) is 10.3 Å². The van der Waals surface area contributed by atoms with E-state index in [1.807, 2.05) is 6.07 Å². The van der Waals surface area contributed by atoms with Crippen molar-refractivity contribution in [3.05, 3.63) is 29.3 Å². The standard InChI is InChI=1S/C18H21ClO3S/c1-18-9-8-14-13-5-3-12(23(19,21)22)10-11(13)2-4-15(14)16(18)6-7-17(18)20/h3,5,10,14-16H,2,4,6-9H2,1H3/t14-,15-,16+,18+/m1/s1. The van der Waals surface area contributed by atoms with Gasteiger partial charge in [-0.15, -0.1) is 0 Å². The zero-order valence-electron chi connectivity index (χ0n) is 13.2. The number of hydrogen-bond acceptors (Lipinski definition) is 3. The summed E-state index contributed by atoms with van der Waals surface area (Å²) in [6.45, 7) is 2.17. The lowest BCUT2D eigenvalue weighted by molar-refractivity contribution is -0.129. The first-order chi connectivity index (χ1) is 10.8. The summed E-state index contributed by atoms with van der Waals surface area (Å²) in [6, 6.07) is 5.35. The second-order valence-electron chi connectivity index (χ2n) is 7.63. The Labute approximate surface area is 141 Å². The number of aryl methyl sites for hydroxylation is 1. The van der Waals surface area contributed by atoms with Gasteiger partial charge in [0.25, 0.3) is 9.05 Å². The van der Waals surface area contributed by atoms with E-state index in [9.17, 15) is 13.2 Å². The van der Waals surface area contributed by atoms with Crippen molar-refractivity contribution in [3.63, 3.8) is 0 Å². The van der Waals surface area contributed by atoms with Crippen molar-refractivity contribution in [2.24, 2.45) is 17.3 Å². The normalized spacial score (nSPS) is 36.3. The molecule has 2 saturated carbocycles. The molecule has 3 aliphatic rings. The van der Waals surface area contributed by atoms with E-state index >= 15 is 0 Å². The van der Waals surface area contributed by atoms with Crippen molar-refractivity contribution >= 4 is 25.5 Å². The molecule has 0 heterocycles. The van der Waals surface area contributed by atoms with Gasteiger partial charge in [-0.3, -0.25) is 4.79 Å². The van der Waals surface area contributed by atoms with E-state index in [1.165, 1.54) is 5.56 Å². The highest BCUT2D eigenvalue weighted by Gasteiger charge is 2.54. The largest absolute Gasteiger partial charge is 0.299 e. The molecule has 0 unspecified atom stereocenters. The van der Waals surface area contributed by atoms with Crippen LogP contribution in [-0.4, -0.2) is 14.2 Å². The number of benzene rings is 1. The molecule has 0 saturated heterocycles. The molecule has 0 aromatic heterocycles. The van der Waals surface area contributed by atoms with Crippen molar-refractivity contribution < 1.29 is 13.2 Å². The maximum atomic E-state index is 12.3. The summed E-state index contributed by atoms with van der Waals surface area (Å²) in [7, 11) is 1.81. The molecule has 0 radical (unpaired) electrons. The van der Waals surface area contributed by atoms with Crippen molar-refractivity contribution in [3.8, 4) is 0 Å². The molecule has 5 heteroatoms.